The average molecular weight is 709 g/mol. The molecule has 3 aromatic heterocycles. The highest BCUT2D eigenvalue weighted by Crippen LogP contribution is 2.50. The molecule has 0 amide bonds. The summed E-state index contributed by atoms with van der Waals surface area (Å²) < 4.78 is 10.3. The van der Waals surface area contributed by atoms with Crippen molar-refractivity contribution in [2.45, 2.75) is 0 Å². The van der Waals surface area contributed by atoms with Crippen molar-refractivity contribution in [3.63, 3.8) is 0 Å². The molecule has 0 saturated heterocycles. The SMILES string of the molecule is c1ccc(-c2cc3ccc4sc5c(-c6c7ccccc7c(-c7ccc8c(ccc9oc%10ccccc%10c98)c7)c7ccccc67)cccc5c4c3s2)cc1. The van der Waals surface area contributed by atoms with Gasteiger partial charge < -0.3 is 4.42 Å². The summed E-state index contributed by atoms with van der Waals surface area (Å²) >= 11 is 3.83. The summed E-state index contributed by atoms with van der Waals surface area (Å²) in [5.74, 6) is 0. The van der Waals surface area contributed by atoms with Crippen LogP contribution in [0.2, 0.25) is 0 Å². The monoisotopic (exact) mass is 708 g/mol. The maximum Gasteiger partial charge on any atom is 0.136 e. The minimum Gasteiger partial charge on any atom is -0.456 e. The van der Waals surface area contributed by atoms with Crippen LogP contribution in [0, 0.1) is 0 Å². The van der Waals surface area contributed by atoms with Crippen LogP contribution in [0.5, 0.6) is 0 Å². The lowest BCUT2D eigenvalue weighted by Crippen LogP contribution is -1.91. The number of furan rings is 1. The lowest BCUT2D eigenvalue weighted by atomic mass is 9.85. The number of rotatable bonds is 3. The first kappa shape index (κ1) is 29.3. The Hall–Kier alpha value is -6.26. The highest BCUT2D eigenvalue weighted by molar-refractivity contribution is 7.28. The molecular formula is C50H28OS2. The fraction of sp³-hybridized carbons (Fsp3) is 0. The molecule has 1 nitrogen and oxygen atoms in total. The Labute approximate surface area is 312 Å². The Morgan fingerprint density at radius 3 is 1.83 bits per heavy atom. The second-order valence-corrected chi connectivity index (χ2v) is 16.0. The van der Waals surface area contributed by atoms with Crippen molar-refractivity contribution in [1.82, 2.24) is 0 Å². The second-order valence-electron chi connectivity index (χ2n) is 13.9. The predicted octanol–water partition coefficient (Wildman–Crippen LogP) is 15.6. The molecule has 0 unspecified atom stereocenters. The van der Waals surface area contributed by atoms with E-state index in [1.807, 2.05) is 28.7 Å². The van der Waals surface area contributed by atoms with Crippen LogP contribution in [0.3, 0.4) is 0 Å². The quantitative estimate of drug-likeness (QED) is 0.167. The molecule has 0 aliphatic heterocycles. The van der Waals surface area contributed by atoms with E-state index < -0.39 is 0 Å². The highest BCUT2D eigenvalue weighted by Gasteiger charge is 2.21. The van der Waals surface area contributed by atoms with Crippen LogP contribution in [0.4, 0.5) is 0 Å². The summed E-state index contributed by atoms with van der Waals surface area (Å²) in [5.41, 5.74) is 8.22. The number of fused-ring (bicyclic) bond motifs is 12. The molecule has 0 bridgehead atoms. The minimum absolute atomic E-state index is 0.928. The molecule has 0 fully saturated rings. The van der Waals surface area contributed by atoms with E-state index in [4.69, 9.17) is 4.42 Å². The van der Waals surface area contributed by atoms with E-state index in [-0.39, 0.29) is 0 Å². The van der Waals surface area contributed by atoms with Crippen LogP contribution in [-0.4, -0.2) is 0 Å². The lowest BCUT2D eigenvalue weighted by molar-refractivity contribution is 0.669. The molecule has 53 heavy (non-hydrogen) atoms. The van der Waals surface area contributed by atoms with Crippen molar-refractivity contribution in [2.24, 2.45) is 0 Å². The van der Waals surface area contributed by atoms with E-state index >= 15 is 0 Å². The van der Waals surface area contributed by atoms with Crippen LogP contribution in [0.15, 0.2) is 174 Å². The van der Waals surface area contributed by atoms with E-state index in [9.17, 15) is 0 Å². The summed E-state index contributed by atoms with van der Waals surface area (Å²) in [6.07, 6.45) is 0. The zero-order chi connectivity index (χ0) is 34.6. The molecule has 0 radical (unpaired) electrons. The molecular weight excluding hydrogens is 681 g/mol. The molecule has 9 aromatic carbocycles. The van der Waals surface area contributed by atoms with Crippen LogP contribution in [0.25, 0.3) is 117 Å². The van der Waals surface area contributed by atoms with Gasteiger partial charge in [-0.25, -0.2) is 0 Å². The fourth-order valence-corrected chi connectivity index (χ4v) is 11.3. The van der Waals surface area contributed by atoms with Gasteiger partial charge in [-0.1, -0.05) is 140 Å². The topological polar surface area (TPSA) is 13.1 Å². The molecule has 12 rings (SSSR count). The standard InChI is InChI=1S/C50H28OS2/c1-2-11-29(12-3-1)44-28-32-23-26-43-48(49(32)53-44)40-19-10-18-39(50(40)52-43)46-36-15-6-4-13-34(36)45(35-14-5-7-16-37(35)46)31-21-24-33-30(27-31)22-25-42-47(33)38-17-8-9-20-41(38)51-42/h1-28H. The molecule has 0 aliphatic carbocycles. The molecule has 0 saturated carbocycles. The minimum atomic E-state index is 0.928. The summed E-state index contributed by atoms with van der Waals surface area (Å²) in [6.45, 7) is 0. The maximum absolute atomic E-state index is 6.24. The van der Waals surface area contributed by atoms with E-state index in [2.05, 4.69) is 164 Å². The highest BCUT2D eigenvalue weighted by atomic mass is 32.1. The summed E-state index contributed by atoms with van der Waals surface area (Å²) in [7, 11) is 0. The van der Waals surface area contributed by atoms with Crippen LogP contribution >= 0.6 is 22.7 Å². The Balaban J connectivity index is 1.11. The summed E-state index contributed by atoms with van der Waals surface area (Å²) in [4.78, 5) is 1.31. The van der Waals surface area contributed by atoms with Crippen molar-refractivity contribution < 1.29 is 4.42 Å². The third-order valence-corrected chi connectivity index (χ3v) is 13.5. The van der Waals surface area contributed by atoms with Crippen molar-refractivity contribution in [3.05, 3.63) is 170 Å². The first-order valence-corrected chi connectivity index (χ1v) is 19.6. The van der Waals surface area contributed by atoms with Gasteiger partial charge in [0.25, 0.3) is 0 Å². The van der Waals surface area contributed by atoms with Crippen molar-refractivity contribution in [3.8, 4) is 32.7 Å². The van der Waals surface area contributed by atoms with Gasteiger partial charge in [0.05, 0.1) is 0 Å². The van der Waals surface area contributed by atoms with Gasteiger partial charge in [-0.2, -0.15) is 0 Å². The van der Waals surface area contributed by atoms with Crippen molar-refractivity contribution >= 4 is 107 Å². The van der Waals surface area contributed by atoms with Gasteiger partial charge in [-0.05, 0) is 90.3 Å². The van der Waals surface area contributed by atoms with Gasteiger partial charge in [0.2, 0.25) is 0 Å². The van der Waals surface area contributed by atoms with Gasteiger partial charge in [-0.15, -0.1) is 22.7 Å². The Morgan fingerprint density at radius 2 is 1.04 bits per heavy atom. The number of hydrogen-bond acceptors (Lipinski definition) is 3. The van der Waals surface area contributed by atoms with Crippen LogP contribution in [-0.2, 0) is 0 Å². The predicted molar refractivity (Wildman–Crippen MR) is 231 cm³/mol. The normalized spacial score (nSPS) is 12.2. The fourth-order valence-electron chi connectivity index (χ4n) is 8.76. The number of benzene rings is 9. The molecule has 0 spiro atoms. The molecule has 246 valence electrons. The molecule has 0 N–H and O–H groups in total. The largest absolute Gasteiger partial charge is 0.456 e. The average Bonchev–Trinajstić information content (AvgIpc) is 3.93. The van der Waals surface area contributed by atoms with E-state index in [0.29, 0.717) is 0 Å². The third-order valence-electron chi connectivity index (χ3n) is 11.1. The van der Waals surface area contributed by atoms with Crippen molar-refractivity contribution in [1.29, 1.82) is 0 Å². The second kappa shape index (κ2) is 11.1. The third kappa shape index (κ3) is 4.24. The van der Waals surface area contributed by atoms with E-state index in [0.717, 1.165) is 16.6 Å². The van der Waals surface area contributed by atoms with E-state index in [1.54, 1.807) is 0 Å². The first-order chi connectivity index (χ1) is 26.3. The molecule has 3 heteroatoms. The first-order valence-electron chi connectivity index (χ1n) is 18.0. The smallest absolute Gasteiger partial charge is 0.136 e. The summed E-state index contributed by atoms with van der Waals surface area (Å²) in [6, 6.07) is 62.3. The Morgan fingerprint density at radius 1 is 0.358 bits per heavy atom. The number of hydrogen-bond donors (Lipinski definition) is 0. The number of thiophene rings is 2. The zero-order valence-electron chi connectivity index (χ0n) is 28.4. The lowest BCUT2D eigenvalue weighted by Gasteiger charge is -2.18. The zero-order valence-corrected chi connectivity index (χ0v) is 30.0. The molecule has 12 aromatic rings. The molecule has 3 heterocycles. The van der Waals surface area contributed by atoms with Crippen LogP contribution in [0.1, 0.15) is 0 Å². The van der Waals surface area contributed by atoms with Gasteiger partial charge in [0, 0.05) is 46.1 Å². The Kier molecular flexibility index (Phi) is 6.15. The molecule has 0 aliphatic rings. The van der Waals surface area contributed by atoms with Gasteiger partial charge in [0.15, 0.2) is 0 Å². The van der Waals surface area contributed by atoms with Crippen LogP contribution < -0.4 is 0 Å². The van der Waals surface area contributed by atoms with E-state index in [1.165, 1.54) is 101 Å². The summed E-state index contributed by atoms with van der Waals surface area (Å²) in [5, 5.41) is 13.9. The molecule has 0 atom stereocenters. The Bertz CT molecular complexity index is 3390. The van der Waals surface area contributed by atoms with Gasteiger partial charge in [0.1, 0.15) is 11.2 Å². The van der Waals surface area contributed by atoms with Gasteiger partial charge >= 0.3 is 0 Å². The van der Waals surface area contributed by atoms with Gasteiger partial charge in [-0.3, -0.25) is 0 Å². The van der Waals surface area contributed by atoms with Crippen molar-refractivity contribution in [2.75, 3.05) is 0 Å². The maximum atomic E-state index is 6.24. The number of para-hydroxylation sites is 1.